The van der Waals surface area contributed by atoms with E-state index in [4.69, 9.17) is 25.8 Å². The van der Waals surface area contributed by atoms with Crippen LogP contribution in [0.5, 0.6) is 0 Å². The van der Waals surface area contributed by atoms with Crippen LogP contribution in [0.25, 0.3) is 0 Å². The normalized spacial score (nSPS) is 21.8. The van der Waals surface area contributed by atoms with Gasteiger partial charge in [0.15, 0.2) is 0 Å². The topological polar surface area (TPSA) is 87.9 Å². The lowest BCUT2D eigenvalue weighted by atomic mass is 10.1. The summed E-state index contributed by atoms with van der Waals surface area (Å²) in [5.74, 6) is -1.56. The van der Waals surface area contributed by atoms with Gasteiger partial charge in [0, 0.05) is 22.7 Å². The van der Waals surface area contributed by atoms with Crippen molar-refractivity contribution in [3.63, 3.8) is 0 Å². The summed E-state index contributed by atoms with van der Waals surface area (Å²) >= 11 is 9.32. The lowest BCUT2D eigenvalue weighted by molar-refractivity contribution is -0.384. The van der Waals surface area contributed by atoms with Crippen LogP contribution in [0.1, 0.15) is 15.9 Å². The van der Waals surface area contributed by atoms with E-state index >= 15 is 0 Å². The third-order valence-electron chi connectivity index (χ3n) is 4.03. The molecule has 1 aliphatic heterocycles. The summed E-state index contributed by atoms with van der Waals surface area (Å²) in [7, 11) is 0. The molecule has 0 aliphatic carbocycles. The summed E-state index contributed by atoms with van der Waals surface area (Å²) < 4.78 is 17.1. The minimum atomic E-state index is -0.977. The van der Waals surface area contributed by atoms with Gasteiger partial charge < -0.3 is 14.2 Å². The molecule has 0 radical (unpaired) electrons. The fourth-order valence-corrected chi connectivity index (χ4v) is 3.36. The Bertz CT molecular complexity index is 829. The molecule has 2 aromatic carbocycles. The van der Waals surface area contributed by atoms with Crippen molar-refractivity contribution < 1.29 is 23.9 Å². The van der Waals surface area contributed by atoms with Gasteiger partial charge in [-0.2, -0.15) is 0 Å². The van der Waals surface area contributed by atoms with Crippen molar-refractivity contribution in [3.05, 3.63) is 74.8 Å². The molecule has 2 atom stereocenters. The zero-order valence-corrected chi connectivity index (χ0v) is 16.3. The van der Waals surface area contributed by atoms with E-state index in [0.29, 0.717) is 10.4 Å². The minimum absolute atomic E-state index is 0.00182. The number of nitrogens with zero attached hydrogens (tertiary/aromatic N) is 1. The van der Waals surface area contributed by atoms with Crippen LogP contribution in [0, 0.1) is 10.1 Å². The van der Waals surface area contributed by atoms with Gasteiger partial charge in [-0.3, -0.25) is 10.1 Å². The quantitative estimate of drug-likeness (QED) is 0.282. The maximum Gasteiger partial charge on any atom is 0.338 e. The molecule has 1 heterocycles. The predicted molar refractivity (Wildman–Crippen MR) is 101 cm³/mol. The van der Waals surface area contributed by atoms with E-state index in [-0.39, 0.29) is 24.5 Å². The van der Waals surface area contributed by atoms with Crippen LogP contribution in [-0.4, -0.2) is 35.5 Å². The summed E-state index contributed by atoms with van der Waals surface area (Å²) in [6.07, 6.45) is -0.444. The molecule has 0 unspecified atom stereocenters. The zero-order valence-electron chi connectivity index (χ0n) is 14.0. The summed E-state index contributed by atoms with van der Waals surface area (Å²) in [5, 5.41) is 11.7. The van der Waals surface area contributed by atoms with Gasteiger partial charge >= 0.3 is 5.97 Å². The number of ether oxygens (including phenoxy) is 3. The van der Waals surface area contributed by atoms with E-state index in [1.165, 1.54) is 24.3 Å². The fourth-order valence-electron chi connectivity index (χ4n) is 2.62. The number of non-ortho nitro benzene ring substituents is 1. The second-order valence-electron chi connectivity index (χ2n) is 5.85. The Morgan fingerprint density at radius 3 is 2.52 bits per heavy atom. The molecular weight excluding hydrogens is 442 g/mol. The number of nitro benzene ring substituents is 1. The highest BCUT2D eigenvalue weighted by Crippen LogP contribution is 2.36. The lowest BCUT2D eigenvalue weighted by Gasteiger charge is -2.26. The van der Waals surface area contributed by atoms with Crippen LogP contribution in [0.4, 0.5) is 5.69 Å². The smallest absolute Gasteiger partial charge is 0.338 e. The summed E-state index contributed by atoms with van der Waals surface area (Å²) in [6, 6.07) is 12.3. The third kappa shape index (κ3) is 4.47. The molecule has 9 heteroatoms. The Morgan fingerprint density at radius 1 is 1.26 bits per heavy atom. The number of rotatable bonds is 6. The number of benzene rings is 2. The molecule has 7 nitrogen and oxygen atoms in total. The molecule has 0 bridgehead atoms. The fraction of sp³-hybridized carbons (Fsp3) is 0.278. The molecule has 142 valence electrons. The van der Waals surface area contributed by atoms with Crippen molar-refractivity contribution in [2.75, 3.05) is 18.5 Å². The van der Waals surface area contributed by atoms with E-state index in [0.717, 1.165) is 5.56 Å². The second kappa shape index (κ2) is 8.35. The Hall–Kier alpha value is -2.00. The molecular formula is C18H15BrClNO6. The highest BCUT2D eigenvalue weighted by Gasteiger charge is 2.42. The van der Waals surface area contributed by atoms with Gasteiger partial charge in [-0.1, -0.05) is 39.7 Å². The molecule has 0 spiro atoms. The van der Waals surface area contributed by atoms with Crippen LogP contribution in [-0.2, 0) is 20.0 Å². The van der Waals surface area contributed by atoms with Crippen molar-refractivity contribution in [1.29, 1.82) is 0 Å². The highest BCUT2D eigenvalue weighted by atomic mass is 79.9. The number of alkyl halides is 1. The molecule has 3 rings (SSSR count). The van der Waals surface area contributed by atoms with Crippen LogP contribution < -0.4 is 0 Å². The SMILES string of the molecule is O=C(OC[C@@H]1CO[C@](CBr)(c2ccc(Cl)cc2)O1)c1ccc([N+](=O)[O-])cc1. The first kappa shape index (κ1) is 19.8. The Labute approximate surface area is 168 Å². The van der Waals surface area contributed by atoms with Gasteiger partial charge in [-0.05, 0) is 24.3 Å². The summed E-state index contributed by atoms with van der Waals surface area (Å²) in [6.45, 7) is 0.250. The lowest BCUT2D eigenvalue weighted by Crippen LogP contribution is -2.31. The molecule has 1 aliphatic rings. The van der Waals surface area contributed by atoms with Crippen molar-refractivity contribution in [3.8, 4) is 0 Å². The van der Waals surface area contributed by atoms with Gasteiger partial charge in [0.05, 0.1) is 22.4 Å². The van der Waals surface area contributed by atoms with Crippen LogP contribution >= 0.6 is 27.5 Å². The number of halogens is 2. The maximum absolute atomic E-state index is 12.1. The highest BCUT2D eigenvalue weighted by molar-refractivity contribution is 9.09. The van der Waals surface area contributed by atoms with Crippen molar-refractivity contribution in [2.45, 2.75) is 11.9 Å². The van der Waals surface area contributed by atoms with Crippen molar-refractivity contribution in [1.82, 2.24) is 0 Å². The van der Waals surface area contributed by atoms with Crippen molar-refractivity contribution in [2.24, 2.45) is 0 Å². The van der Waals surface area contributed by atoms with Crippen LogP contribution in [0.2, 0.25) is 5.02 Å². The first-order valence-electron chi connectivity index (χ1n) is 7.99. The monoisotopic (exact) mass is 455 g/mol. The van der Waals surface area contributed by atoms with E-state index in [1.54, 1.807) is 12.1 Å². The van der Waals surface area contributed by atoms with Gasteiger partial charge in [0.1, 0.15) is 12.7 Å². The number of carbonyl (C=O) groups excluding carboxylic acids is 1. The predicted octanol–water partition coefficient (Wildman–Crippen LogP) is 4.07. The molecule has 0 saturated carbocycles. The number of nitro groups is 1. The average Bonchev–Trinajstić information content (AvgIpc) is 3.11. The molecule has 1 saturated heterocycles. The van der Waals surface area contributed by atoms with E-state index in [2.05, 4.69) is 15.9 Å². The molecule has 1 fully saturated rings. The largest absolute Gasteiger partial charge is 0.459 e. The Morgan fingerprint density at radius 2 is 1.93 bits per heavy atom. The Kier molecular flexibility index (Phi) is 6.11. The number of esters is 1. The van der Waals surface area contributed by atoms with E-state index in [1.807, 2.05) is 12.1 Å². The molecule has 0 amide bonds. The first-order valence-corrected chi connectivity index (χ1v) is 9.49. The standard InChI is InChI=1S/C18H15BrClNO6/c19-11-18(13-3-5-14(20)6-4-13)26-10-16(27-18)9-25-17(22)12-1-7-15(8-2-12)21(23)24/h1-8,16H,9-11H2/t16-,18+/m1/s1. The van der Waals surface area contributed by atoms with Crippen LogP contribution in [0.3, 0.4) is 0 Å². The van der Waals surface area contributed by atoms with Crippen molar-refractivity contribution >= 4 is 39.2 Å². The average molecular weight is 457 g/mol. The molecule has 27 heavy (non-hydrogen) atoms. The number of hydrogen-bond acceptors (Lipinski definition) is 6. The third-order valence-corrected chi connectivity index (χ3v) is 5.02. The first-order chi connectivity index (χ1) is 12.9. The summed E-state index contributed by atoms with van der Waals surface area (Å²) in [5.41, 5.74) is 0.932. The van der Waals surface area contributed by atoms with Gasteiger partial charge in [0.25, 0.3) is 5.69 Å². The van der Waals surface area contributed by atoms with E-state index in [9.17, 15) is 14.9 Å². The molecule has 2 aromatic rings. The van der Waals surface area contributed by atoms with Crippen LogP contribution in [0.15, 0.2) is 48.5 Å². The van der Waals surface area contributed by atoms with E-state index < -0.39 is 22.8 Å². The van der Waals surface area contributed by atoms with Gasteiger partial charge in [-0.15, -0.1) is 0 Å². The Balaban J connectivity index is 1.59. The van der Waals surface area contributed by atoms with Gasteiger partial charge in [-0.25, -0.2) is 4.79 Å². The summed E-state index contributed by atoms with van der Waals surface area (Å²) in [4.78, 5) is 22.2. The zero-order chi connectivity index (χ0) is 19.4. The molecule has 0 N–H and O–H groups in total. The minimum Gasteiger partial charge on any atom is -0.459 e. The number of hydrogen-bond donors (Lipinski definition) is 0. The maximum atomic E-state index is 12.1. The molecule has 0 aromatic heterocycles. The van der Waals surface area contributed by atoms with Gasteiger partial charge in [0.2, 0.25) is 5.79 Å². The second-order valence-corrected chi connectivity index (χ2v) is 6.84. The number of carbonyl (C=O) groups is 1.